The quantitative estimate of drug-likeness (QED) is 0.695. The molecule has 15 heavy (non-hydrogen) atoms. The lowest BCUT2D eigenvalue weighted by atomic mass is 9.95. The molecule has 82 valence electrons. The summed E-state index contributed by atoms with van der Waals surface area (Å²) in [5.41, 5.74) is 0.964. The van der Waals surface area contributed by atoms with Crippen LogP contribution in [0.3, 0.4) is 0 Å². The van der Waals surface area contributed by atoms with E-state index in [1.165, 1.54) is 18.7 Å². The summed E-state index contributed by atoms with van der Waals surface area (Å²) in [5.74, 6) is 1.06. The molecular formula is C12H17FN2. The molecule has 2 heterocycles. The third-order valence-corrected chi connectivity index (χ3v) is 3.24. The molecule has 1 atom stereocenters. The van der Waals surface area contributed by atoms with E-state index in [1.54, 1.807) is 0 Å². The lowest BCUT2D eigenvalue weighted by molar-refractivity contribution is 0.422. The van der Waals surface area contributed by atoms with Crippen molar-refractivity contribution in [3.8, 4) is 0 Å². The molecule has 1 aromatic heterocycles. The maximum Gasteiger partial charge on any atom is 0.214 e. The van der Waals surface area contributed by atoms with Crippen molar-refractivity contribution in [3.05, 3.63) is 24.3 Å². The van der Waals surface area contributed by atoms with Gasteiger partial charge in [0.05, 0.1) is 0 Å². The van der Waals surface area contributed by atoms with Crippen LogP contribution in [0.1, 0.15) is 20.3 Å². The van der Waals surface area contributed by atoms with Crippen LogP contribution in [-0.2, 0) is 0 Å². The highest BCUT2D eigenvalue weighted by molar-refractivity contribution is 5.45. The second-order valence-electron chi connectivity index (χ2n) is 4.58. The van der Waals surface area contributed by atoms with Crippen molar-refractivity contribution in [1.82, 2.24) is 4.98 Å². The van der Waals surface area contributed by atoms with Gasteiger partial charge >= 0.3 is 0 Å². The zero-order valence-corrected chi connectivity index (χ0v) is 9.28. The van der Waals surface area contributed by atoms with E-state index in [2.05, 4.69) is 23.7 Å². The topological polar surface area (TPSA) is 16.1 Å². The van der Waals surface area contributed by atoms with Crippen molar-refractivity contribution in [2.24, 2.45) is 11.8 Å². The summed E-state index contributed by atoms with van der Waals surface area (Å²) in [6, 6.07) is 3.40. The van der Waals surface area contributed by atoms with Crippen LogP contribution >= 0.6 is 0 Å². The van der Waals surface area contributed by atoms with Gasteiger partial charge in [0, 0.05) is 31.0 Å². The Morgan fingerprint density at radius 1 is 1.53 bits per heavy atom. The van der Waals surface area contributed by atoms with Crippen molar-refractivity contribution in [1.29, 1.82) is 0 Å². The van der Waals surface area contributed by atoms with Gasteiger partial charge in [0.15, 0.2) is 0 Å². The van der Waals surface area contributed by atoms with Crippen LogP contribution in [0.25, 0.3) is 0 Å². The van der Waals surface area contributed by atoms with Crippen LogP contribution in [0.2, 0.25) is 0 Å². The van der Waals surface area contributed by atoms with E-state index in [-0.39, 0.29) is 5.95 Å². The average molecular weight is 208 g/mol. The minimum absolute atomic E-state index is 0.388. The SMILES string of the molecule is CC(C)C1CCN(c2ccnc(F)c2)C1. The first-order chi connectivity index (χ1) is 7.16. The highest BCUT2D eigenvalue weighted by Crippen LogP contribution is 2.27. The minimum atomic E-state index is -0.388. The van der Waals surface area contributed by atoms with E-state index in [4.69, 9.17) is 0 Å². The molecule has 1 saturated heterocycles. The van der Waals surface area contributed by atoms with Gasteiger partial charge < -0.3 is 4.90 Å². The third kappa shape index (κ3) is 2.28. The van der Waals surface area contributed by atoms with Crippen molar-refractivity contribution in [2.75, 3.05) is 18.0 Å². The minimum Gasteiger partial charge on any atom is -0.371 e. The lowest BCUT2D eigenvalue weighted by Gasteiger charge is -2.19. The number of halogens is 1. The molecule has 2 rings (SSSR count). The largest absolute Gasteiger partial charge is 0.371 e. The number of pyridine rings is 1. The van der Waals surface area contributed by atoms with Crippen molar-refractivity contribution in [3.63, 3.8) is 0 Å². The summed E-state index contributed by atoms with van der Waals surface area (Å²) < 4.78 is 12.9. The van der Waals surface area contributed by atoms with Gasteiger partial charge in [-0.1, -0.05) is 13.8 Å². The number of hydrogen-bond donors (Lipinski definition) is 0. The maximum absolute atomic E-state index is 12.9. The van der Waals surface area contributed by atoms with Crippen molar-refractivity contribution in [2.45, 2.75) is 20.3 Å². The van der Waals surface area contributed by atoms with Crippen molar-refractivity contribution >= 4 is 5.69 Å². The number of nitrogens with zero attached hydrogens (tertiary/aromatic N) is 2. The molecule has 0 radical (unpaired) electrons. The van der Waals surface area contributed by atoms with Gasteiger partial charge in [-0.05, 0) is 24.3 Å². The highest BCUT2D eigenvalue weighted by Gasteiger charge is 2.24. The summed E-state index contributed by atoms with van der Waals surface area (Å²) in [6.07, 6.45) is 2.75. The fourth-order valence-electron chi connectivity index (χ4n) is 2.15. The molecule has 2 nitrogen and oxygen atoms in total. The number of aromatic nitrogens is 1. The number of hydrogen-bond acceptors (Lipinski definition) is 2. The molecule has 0 bridgehead atoms. The summed E-state index contributed by atoms with van der Waals surface area (Å²) in [6.45, 7) is 6.58. The molecule has 1 aliphatic heterocycles. The molecule has 0 amide bonds. The molecular weight excluding hydrogens is 191 g/mol. The average Bonchev–Trinajstić information content (AvgIpc) is 2.66. The maximum atomic E-state index is 12.9. The van der Waals surface area contributed by atoms with Gasteiger partial charge in [0.25, 0.3) is 0 Å². The van der Waals surface area contributed by atoms with Crippen molar-refractivity contribution < 1.29 is 4.39 Å². The van der Waals surface area contributed by atoms with E-state index in [0.717, 1.165) is 24.7 Å². The molecule has 0 N–H and O–H groups in total. The second kappa shape index (κ2) is 4.17. The first kappa shape index (κ1) is 10.4. The molecule has 0 aliphatic carbocycles. The van der Waals surface area contributed by atoms with E-state index >= 15 is 0 Å². The lowest BCUT2D eigenvalue weighted by Crippen LogP contribution is -2.21. The van der Waals surface area contributed by atoms with E-state index in [9.17, 15) is 4.39 Å². The Hall–Kier alpha value is -1.12. The second-order valence-corrected chi connectivity index (χ2v) is 4.58. The van der Waals surface area contributed by atoms with Crippen LogP contribution in [0.5, 0.6) is 0 Å². The first-order valence-corrected chi connectivity index (χ1v) is 5.53. The number of rotatable bonds is 2. The summed E-state index contributed by atoms with van der Waals surface area (Å²) >= 11 is 0. The predicted octanol–water partition coefficient (Wildman–Crippen LogP) is 2.70. The molecule has 1 unspecified atom stereocenters. The Bertz CT molecular complexity index is 338. The Kier molecular flexibility index (Phi) is 2.89. The highest BCUT2D eigenvalue weighted by atomic mass is 19.1. The van der Waals surface area contributed by atoms with Crippen LogP contribution in [0, 0.1) is 17.8 Å². The summed E-state index contributed by atoms with van der Waals surface area (Å²) in [4.78, 5) is 5.82. The van der Waals surface area contributed by atoms with E-state index in [1.807, 2.05) is 6.07 Å². The first-order valence-electron chi connectivity index (χ1n) is 5.53. The van der Waals surface area contributed by atoms with Crippen LogP contribution in [0.15, 0.2) is 18.3 Å². The third-order valence-electron chi connectivity index (χ3n) is 3.24. The van der Waals surface area contributed by atoms with Gasteiger partial charge in [-0.2, -0.15) is 4.39 Å². The molecule has 1 aromatic rings. The number of anilines is 1. The van der Waals surface area contributed by atoms with Gasteiger partial charge in [0.2, 0.25) is 5.95 Å². The summed E-state index contributed by atoms with van der Waals surface area (Å²) in [7, 11) is 0. The molecule has 1 aliphatic rings. The molecule has 0 spiro atoms. The molecule has 0 aromatic carbocycles. The predicted molar refractivity (Wildman–Crippen MR) is 59.4 cm³/mol. The fraction of sp³-hybridized carbons (Fsp3) is 0.583. The molecule has 1 fully saturated rings. The van der Waals surface area contributed by atoms with Crippen LogP contribution in [0.4, 0.5) is 10.1 Å². The van der Waals surface area contributed by atoms with E-state index < -0.39 is 0 Å². The van der Waals surface area contributed by atoms with Crippen LogP contribution in [-0.4, -0.2) is 18.1 Å². The normalized spacial score (nSPS) is 21.3. The standard InChI is InChI=1S/C12H17FN2/c1-9(2)10-4-6-15(8-10)11-3-5-14-12(13)7-11/h3,5,7,9-10H,4,6,8H2,1-2H3. The Labute approximate surface area is 90.1 Å². The van der Waals surface area contributed by atoms with Gasteiger partial charge in [-0.15, -0.1) is 0 Å². The molecule has 3 heteroatoms. The van der Waals surface area contributed by atoms with Gasteiger partial charge in [-0.25, -0.2) is 4.98 Å². The molecule has 0 saturated carbocycles. The Morgan fingerprint density at radius 3 is 2.93 bits per heavy atom. The van der Waals surface area contributed by atoms with E-state index in [0.29, 0.717) is 5.92 Å². The summed E-state index contributed by atoms with van der Waals surface area (Å²) in [5, 5.41) is 0. The van der Waals surface area contributed by atoms with Gasteiger partial charge in [-0.3, -0.25) is 0 Å². The zero-order chi connectivity index (χ0) is 10.8. The van der Waals surface area contributed by atoms with Gasteiger partial charge in [0.1, 0.15) is 0 Å². The Balaban J connectivity index is 2.08. The zero-order valence-electron chi connectivity index (χ0n) is 9.28. The fourth-order valence-corrected chi connectivity index (χ4v) is 2.15. The Morgan fingerprint density at radius 2 is 2.33 bits per heavy atom. The van der Waals surface area contributed by atoms with Crippen LogP contribution < -0.4 is 4.90 Å². The smallest absolute Gasteiger partial charge is 0.214 e. The monoisotopic (exact) mass is 208 g/mol.